The van der Waals surface area contributed by atoms with Crippen LogP contribution in [0.2, 0.25) is 0 Å². The number of carbonyl (C=O) groups is 2. The van der Waals surface area contributed by atoms with Crippen molar-refractivity contribution in [3.8, 4) is 0 Å². The fraction of sp³-hybridized carbons (Fsp3) is 0.500. The van der Waals surface area contributed by atoms with Gasteiger partial charge in [-0.2, -0.15) is 0 Å². The van der Waals surface area contributed by atoms with Crippen molar-refractivity contribution < 1.29 is 9.59 Å². The van der Waals surface area contributed by atoms with Gasteiger partial charge >= 0.3 is 0 Å². The molecule has 1 unspecified atom stereocenters. The lowest BCUT2D eigenvalue weighted by Gasteiger charge is -2.33. The van der Waals surface area contributed by atoms with Gasteiger partial charge < -0.3 is 16.0 Å². The molecule has 2 amide bonds. The Morgan fingerprint density at radius 1 is 1.29 bits per heavy atom. The first-order valence-corrected chi connectivity index (χ1v) is 7.46. The molecule has 1 aliphatic rings. The van der Waals surface area contributed by atoms with Crippen LogP contribution in [0.25, 0.3) is 0 Å². The lowest BCUT2D eigenvalue weighted by atomic mass is 10.0. The summed E-state index contributed by atoms with van der Waals surface area (Å²) in [6, 6.07) is 6.72. The molecule has 1 saturated heterocycles. The number of hydrogen-bond acceptors (Lipinski definition) is 3. The molecule has 1 fully saturated rings. The highest BCUT2D eigenvalue weighted by Crippen LogP contribution is 2.20. The molecular formula is C16H23N3O2. The average molecular weight is 289 g/mol. The number of nitrogens with two attached hydrogens (primary N) is 1. The molecule has 0 aliphatic carbocycles. The summed E-state index contributed by atoms with van der Waals surface area (Å²) < 4.78 is 0. The van der Waals surface area contributed by atoms with Crippen molar-refractivity contribution in [1.82, 2.24) is 4.90 Å². The summed E-state index contributed by atoms with van der Waals surface area (Å²) in [5.74, 6) is -0.175. The first-order valence-electron chi connectivity index (χ1n) is 7.46. The molecule has 0 radical (unpaired) electrons. The highest BCUT2D eigenvalue weighted by molar-refractivity contribution is 5.97. The fourth-order valence-corrected chi connectivity index (χ4v) is 2.52. The van der Waals surface area contributed by atoms with E-state index in [0.29, 0.717) is 17.3 Å². The number of piperidine rings is 1. The minimum absolute atomic E-state index is 0.0623. The Kier molecular flexibility index (Phi) is 4.96. The van der Waals surface area contributed by atoms with Crippen LogP contribution in [-0.2, 0) is 4.79 Å². The van der Waals surface area contributed by atoms with Crippen LogP contribution in [-0.4, -0.2) is 35.3 Å². The molecule has 5 nitrogen and oxygen atoms in total. The van der Waals surface area contributed by atoms with Crippen LogP contribution in [0.5, 0.6) is 0 Å². The van der Waals surface area contributed by atoms with E-state index >= 15 is 0 Å². The van der Waals surface area contributed by atoms with Crippen LogP contribution < -0.4 is 11.1 Å². The summed E-state index contributed by atoms with van der Waals surface area (Å²) in [5, 5.41) is 2.71. The Labute approximate surface area is 125 Å². The van der Waals surface area contributed by atoms with Gasteiger partial charge in [-0.3, -0.25) is 9.59 Å². The maximum atomic E-state index is 12.5. The lowest BCUT2D eigenvalue weighted by molar-refractivity contribution is -0.117. The van der Waals surface area contributed by atoms with Crippen LogP contribution in [0.15, 0.2) is 24.3 Å². The molecule has 2 atom stereocenters. The zero-order chi connectivity index (χ0) is 15.4. The normalized spacial score (nSPS) is 20.0. The monoisotopic (exact) mass is 289 g/mol. The van der Waals surface area contributed by atoms with Gasteiger partial charge in [-0.25, -0.2) is 0 Å². The van der Waals surface area contributed by atoms with Gasteiger partial charge in [0.15, 0.2) is 0 Å². The molecule has 114 valence electrons. The third-order valence-corrected chi connectivity index (χ3v) is 3.88. The second-order valence-corrected chi connectivity index (χ2v) is 5.70. The van der Waals surface area contributed by atoms with Gasteiger partial charge in [0.05, 0.1) is 6.04 Å². The van der Waals surface area contributed by atoms with Crippen LogP contribution >= 0.6 is 0 Å². The van der Waals surface area contributed by atoms with Crippen molar-refractivity contribution in [3.05, 3.63) is 29.8 Å². The van der Waals surface area contributed by atoms with Crippen LogP contribution in [0, 0.1) is 0 Å². The van der Waals surface area contributed by atoms with E-state index in [4.69, 9.17) is 5.73 Å². The van der Waals surface area contributed by atoms with Gasteiger partial charge in [0.2, 0.25) is 5.91 Å². The summed E-state index contributed by atoms with van der Waals surface area (Å²) in [6.07, 6.45) is 3.32. The van der Waals surface area contributed by atoms with Gasteiger partial charge in [0.1, 0.15) is 0 Å². The number of likely N-dealkylation sites (tertiary alicyclic amines) is 1. The van der Waals surface area contributed by atoms with E-state index in [1.165, 1.54) is 6.42 Å². The van der Waals surface area contributed by atoms with E-state index in [1.807, 2.05) is 4.90 Å². The number of anilines is 1. The summed E-state index contributed by atoms with van der Waals surface area (Å²) in [4.78, 5) is 25.9. The van der Waals surface area contributed by atoms with Crippen molar-refractivity contribution in [2.75, 3.05) is 11.9 Å². The quantitative estimate of drug-likeness (QED) is 0.893. The number of amides is 2. The zero-order valence-electron chi connectivity index (χ0n) is 12.6. The number of nitrogens with one attached hydrogen (secondary N) is 1. The van der Waals surface area contributed by atoms with Crippen LogP contribution in [0.1, 0.15) is 43.5 Å². The van der Waals surface area contributed by atoms with E-state index in [1.54, 1.807) is 31.2 Å². The smallest absolute Gasteiger partial charge is 0.254 e. The average Bonchev–Trinajstić information content (AvgIpc) is 2.47. The molecule has 1 aliphatic heterocycles. The van der Waals surface area contributed by atoms with Crippen LogP contribution in [0.4, 0.5) is 5.69 Å². The first-order chi connectivity index (χ1) is 9.99. The number of hydrogen-bond donors (Lipinski definition) is 2. The molecule has 21 heavy (non-hydrogen) atoms. The molecule has 1 heterocycles. The molecule has 0 bridgehead atoms. The first kappa shape index (κ1) is 15.5. The van der Waals surface area contributed by atoms with E-state index in [0.717, 1.165) is 19.4 Å². The molecule has 5 heteroatoms. The van der Waals surface area contributed by atoms with Crippen molar-refractivity contribution in [1.29, 1.82) is 0 Å². The largest absolute Gasteiger partial charge is 0.336 e. The minimum Gasteiger partial charge on any atom is -0.336 e. The lowest BCUT2D eigenvalue weighted by Crippen LogP contribution is -2.42. The predicted molar refractivity (Wildman–Crippen MR) is 83.1 cm³/mol. The molecule has 1 aromatic carbocycles. The summed E-state index contributed by atoms with van der Waals surface area (Å²) in [6.45, 7) is 4.54. The van der Waals surface area contributed by atoms with Gasteiger partial charge in [0, 0.05) is 23.8 Å². The summed E-state index contributed by atoms with van der Waals surface area (Å²) in [7, 11) is 0. The van der Waals surface area contributed by atoms with Crippen molar-refractivity contribution in [3.63, 3.8) is 0 Å². The van der Waals surface area contributed by atoms with Crippen molar-refractivity contribution in [2.45, 2.75) is 45.2 Å². The Balaban J connectivity index is 2.04. The number of nitrogens with zero attached hydrogens (tertiary/aromatic N) is 1. The standard InChI is InChI=1S/C16H23N3O2/c1-11-5-3-4-10-19(11)16(21)13-6-8-14(9-7-13)18-15(20)12(2)17/h6-9,11-12H,3-5,10,17H2,1-2H3,(H,18,20)/t11?,12-/m0/s1. The van der Waals surface area contributed by atoms with E-state index < -0.39 is 6.04 Å². The van der Waals surface area contributed by atoms with E-state index in [-0.39, 0.29) is 11.8 Å². The fourth-order valence-electron chi connectivity index (χ4n) is 2.52. The van der Waals surface area contributed by atoms with E-state index in [2.05, 4.69) is 12.2 Å². The van der Waals surface area contributed by atoms with Gasteiger partial charge in [-0.05, 0) is 57.4 Å². The molecule has 0 spiro atoms. The third-order valence-electron chi connectivity index (χ3n) is 3.88. The molecule has 1 aromatic rings. The predicted octanol–water partition coefficient (Wildman–Crippen LogP) is 1.99. The second-order valence-electron chi connectivity index (χ2n) is 5.70. The highest BCUT2D eigenvalue weighted by Gasteiger charge is 2.24. The van der Waals surface area contributed by atoms with Gasteiger partial charge in [-0.15, -0.1) is 0 Å². The second kappa shape index (κ2) is 6.72. The van der Waals surface area contributed by atoms with Crippen LogP contribution in [0.3, 0.4) is 0 Å². The Hall–Kier alpha value is -1.88. The third kappa shape index (κ3) is 3.82. The van der Waals surface area contributed by atoms with Crippen molar-refractivity contribution in [2.24, 2.45) is 5.73 Å². The maximum Gasteiger partial charge on any atom is 0.254 e. The van der Waals surface area contributed by atoms with Gasteiger partial charge in [0.25, 0.3) is 5.91 Å². The number of carbonyl (C=O) groups excluding carboxylic acids is 2. The Morgan fingerprint density at radius 2 is 1.95 bits per heavy atom. The molecular weight excluding hydrogens is 266 g/mol. The SMILES string of the molecule is CC1CCCCN1C(=O)c1ccc(NC(=O)[C@H](C)N)cc1. The highest BCUT2D eigenvalue weighted by atomic mass is 16.2. The van der Waals surface area contributed by atoms with Crippen molar-refractivity contribution >= 4 is 17.5 Å². The Morgan fingerprint density at radius 3 is 2.52 bits per heavy atom. The minimum atomic E-state index is -0.555. The number of benzene rings is 1. The van der Waals surface area contributed by atoms with Gasteiger partial charge in [-0.1, -0.05) is 0 Å². The number of rotatable bonds is 3. The molecule has 0 saturated carbocycles. The van der Waals surface area contributed by atoms with E-state index in [9.17, 15) is 9.59 Å². The zero-order valence-corrected chi connectivity index (χ0v) is 12.6. The molecule has 0 aromatic heterocycles. The summed E-state index contributed by atoms with van der Waals surface area (Å²) in [5.41, 5.74) is 6.81. The molecule has 3 N–H and O–H groups in total. The molecule has 2 rings (SSSR count). The maximum absolute atomic E-state index is 12.5. The topological polar surface area (TPSA) is 75.4 Å². The summed E-state index contributed by atoms with van der Waals surface area (Å²) >= 11 is 0. The Bertz CT molecular complexity index is 511.